The minimum absolute atomic E-state index is 0.150. The summed E-state index contributed by atoms with van der Waals surface area (Å²) < 4.78 is 4.59. The number of rotatable bonds is 8. The molecule has 0 fully saturated rings. The Labute approximate surface area is 113 Å². The largest absolute Gasteiger partial charge is 0.469 e. The average Bonchev–Trinajstić information content (AvgIpc) is 2.41. The van der Waals surface area contributed by atoms with E-state index in [1.807, 2.05) is 12.3 Å². The summed E-state index contributed by atoms with van der Waals surface area (Å²) >= 11 is 1.73. The molecule has 1 rings (SSSR count). The van der Waals surface area contributed by atoms with E-state index in [0.29, 0.717) is 6.42 Å². The van der Waals surface area contributed by atoms with Crippen molar-refractivity contribution in [3.05, 3.63) is 23.9 Å². The number of nitrogens with one attached hydrogen (secondary N) is 1. The smallest absolute Gasteiger partial charge is 0.306 e. The zero-order valence-electron chi connectivity index (χ0n) is 10.9. The maximum atomic E-state index is 10.9. The van der Waals surface area contributed by atoms with Crippen LogP contribution in [0.2, 0.25) is 0 Å². The van der Waals surface area contributed by atoms with E-state index in [0.717, 1.165) is 30.3 Å². The number of pyridine rings is 1. The molecule has 18 heavy (non-hydrogen) atoms. The summed E-state index contributed by atoms with van der Waals surface area (Å²) in [6.45, 7) is 3.06. The molecule has 1 aromatic heterocycles. The molecule has 0 aromatic carbocycles. The van der Waals surface area contributed by atoms with Crippen LogP contribution in [-0.2, 0) is 15.3 Å². The molecule has 5 heteroatoms. The molecule has 0 amide bonds. The SMILES string of the molecule is CCCNc1cc(CSCCC(=O)OC)ccn1. The minimum atomic E-state index is -0.150. The van der Waals surface area contributed by atoms with Crippen molar-refractivity contribution in [1.82, 2.24) is 4.98 Å². The van der Waals surface area contributed by atoms with E-state index >= 15 is 0 Å². The predicted molar refractivity (Wildman–Crippen MR) is 75.8 cm³/mol. The van der Waals surface area contributed by atoms with Gasteiger partial charge in [-0.1, -0.05) is 6.92 Å². The summed E-state index contributed by atoms with van der Waals surface area (Å²) in [4.78, 5) is 15.2. The van der Waals surface area contributed by atoms with Crippen molar-refractivity contribution in [2.75, 3.05) is 24.7 Å². The molecule has 0 saturated carbocycles. The number of methoxy groups -OCH3 is 1. The fourth-order valence-electron chi connectivity index (χ4n) is 1.36. The first-order valence-electron chi connectivity index (χ1n) is 6.09. The lowest BCUT2D eigenvalue weighted by molar-refractivity contribution is -0.140. The number of carbonyl (C=O) groups is 1. The second-order valence-electron chi connectivity index (χ2n) is 3.85. The Kier molecular flexibility index (Phi) is 7.25. The second-order valence-corrected chi connectivity index (χ2v) is 4.96. The van der Waals surface area contributed by atoms with Crippen molar-refractivity contribution in [3.8, 4) is 0 Å². The van der Waals surface area contributed by atoms with Crippen LogP contribution in [0.15, 0.2) is 18.3 Å². The summed E-state index contributed by atoms with van der Waals surface area (Å²) in [7, 11) is 1.42. The van der Waals surface area contributed by atoms with Gasteiger partial charge in [0.15, 0.2) is 0 Å². The molecule has 1 heterocycles. The summed E-state index contributed by atoms with van der Waals surface area (Å²) in [5.74, 6) is 2.44. The van der Waals surface area contributed by atoms with Crippen LogP contribution in [-0.4, -0.2) is 30.4 Å². The lowest BCUT2D eigenvalue weighted by Gasteiger charge is -2.06. The highest BCUT2D eigenvalue weighted by molar-refractivity contribution is 7.98. The molecular weight excluding hydrogens is 248 g/mol. The van der Waals surface area contributed by atoms with Crippen LogP contribution < -0.4 is 5.32 Å². The quantitative estimate of drug-likeness (QED) is 0.580. The van der Waals surface area contributed by atoms with Crippen LogP contribution in [0.3, 0.4) is 0 Å². The van der Waals surface area contributed by atoms with Crippen LogP contribution in [0.25, 0.3) is 0 Å². The summed E-state index contributed by atoms with van der Waals surface area (Å²) in [5, 5.41) is 3.26. The van der Waals surface area contributed by atoms with Crippen molar-refractivity contribution >= 4 is 23.5 Å². The Balaban J connectivity index is 2.31. The van der Waals surface area contributed by atoms with Gasteiger partial charge in [-0.05, 0) is 24.1 Å². The molecule has 1 N–H and O–H groups in total. The maximum Gasteiger partial charge on any atom is 0.306 e. The number of carbonyl (C=O) groups excluding carboxylic acids is 1. The van der Waals surface area contributed by atoms with E-state index in [2.05, 4.69) is 28.0 Å². The highest BCUT2D eigenvalue weighted by atomic mass is 32.2. The van der Waals surface area contributed by atoms with Gasteiger partial charge in [-0.3, -0.25) is 4.79 Å². The van der Waals surface area contributed by atoms with E-state index in [1.165, 1.54) is 12.7 Å². The number of anilines is 1. The Morgan fingerprint density at radius 2 is 2.39 bits per heavy atom. The number of hydrogen-bond acceptors (Lipinski definition) is 5. The molecule has 1 aromatic rings. The fraction of sp³-hybridized carbons (Fsp3) is 0.538. The number of nitrogens with zero attached hydrogens (tertiary/aromatic N) is 1. The number of aromatic nitrogens is 1. The first-order valence-corrected chi connectivity index (χ1v) is 7.25. The van der Waals surface area contributed by atoms with E-state index < -0.39 is 0 Å². The fourth-order valence-corrected chi connectivity index (χ4v) is 2.23. The molecule has 0 unspecified atom stereocenters. The normalized spacial score (nSPS) is 10.1. The van der Waals surface area contributed by atoms with E-state index in [9.17, 15) is 4.79 Å². The zero-order chi connectivity index (χ0) is 13.2. The lowest BCUT2D eigenvalue weighted by atomic mass is 10.3. The molecule has 0 aliphatic carbocycles. The predicted octanol–water partition coefficient (Wildman–Crippen LogP) is 2.70. The van der Waals surface area contributed by atoms with Crippen molar-refractivity contribution < 1.29 is 9.53 Å². The molecule has 0 aliphatic heterocycles. The van der Waals surface area contributed by atoms with E-state index in [4.69, 9.17) is 0 Å². The van der Waals surface area contributed by atoms with Gasteiger partial charge in [0.1, 0.15) is 5.82 Å². The third kappa shape index (κ3) is 5.91. The van der Waals surface area contributed by atoms with Crippen LogP contribution in [0, 0.1) is 0 Å². The van der Waals surface area contributed by atoms with Crippen molar-refractivity contribution in [1.29, 1.82) is 0 Å². The van der Waals surface area contributed by atoms with Gasteiger partial charge >= 0.3 is 5.97 Å². The third-order valence-corrected chi connectivity index (χ3v) is 3.36. The van der Waals surface area contributed by atoms with Crippen LogP contribution in [0.4, 0.5) is 5.82 Å². The third-order valence-electron chi connectivity index (χ3n) is 2.33. The monoisotopic (exact) mass is 268 g/mol. The zero-order valence-corrected chi connectivity index (χ0v) is 11.8. The van der Waals surface area contributed by atoms with Gasteiger partial charge < -0.3 is 10.1 Å². The van der Waals surface area contributed by atoms with E-state index in [-0.39, 0.29) is 5.97 Å². The Morgan fingerprint density at radius 1 is 1.56 bits per heavy atom. The molecule has 0 atom stereocenters. The van der Waals surface area contributed by atoms with Gasteiger partial charge in [-0.25, -0.2) is 4.98 Å². The topological polar surface area (TPSA) is 51.2 Å². The summed E-state index contributed by atoms with van der Waals surface area (Å²) in [5.41, 5.74) is 1.22. The van der Waals surface area contributed by atoms with Crippen molar-refractivity contribution in [2.45, 2.75) is 25.5 Å². The molecule has 100 valence electrons. The van der Waals surface area contributed by atoms with Crippen molar-refractivity contribution in [3.63, 3.8) is 0 Å². The molecule has 0 radical (unpaired) electrons. The van der Waals surface area contributed by atoms with E-state index in [1.54, 1.807) is 11.8 Å². The Hall–Kier alpha value is -1.23. The van der Waals surface area contributed by atoms with Gasteiger partial charge in [0, 0.05) is 24.2 Å². The van der Waals surface area contributed by atoms with Gasteiger partial charge in [0.05, 0.1) is 13.5 Å². The summed E-state index contributed by atoms with van der Waals surface area (Å²) in [6, 6.07) is 4.06. The van der Waals surface area contributed by atoms with Crippen LogP contribution >= 0.6 is 11.8 Å². The first-order chi connectivity index (χ1) is 8.76. The standard InChI is InChI=1S/C13H20N2O2S/c1-3-6-14-12-9-11(4-7-15-12)10-18-8-5-13(16)17-2/h4,7,9H,3,5-6,8,10H2,1-2H3,(H,14,15). The van der Waals surface area contributed by atoms with Crippen LogP contribution in [0.5, 0.6) is 0 Å². The van der Waals surface area contributed by atoms with Gasteiger partial charge in [0.2, 0.25) is 0 Å². The van der Waals surface area contributed by atoms with Crippen molar-refractivity contribution in [2.24, 2.45) is 0 Å². The Morgan fingerprint density at radius 3 is 3.11 bits per heavy atom. The average molecular weight is 268 g/mol. The number of hydrogen-bond donors (Lipinski definition) is 1. The van der Waals surface area contributed by atoms with Gasteiger partial charge in [-0.2, -0.15) is 11.8 Å². The summed E-state index contributed by atoms with van der Waals surface area (Å²) in [6.07, 6.45) is 3.36. The molecule has 4 nitrogen and oxygen atoms in total. The molecule has 0 saturated heterocycles. The number of ether oxygens (including phenoxy) is 1. The maximum absolute atomic E-state index is 10.9. The molecule has 0 aliphatic rings. The van der Waals surface area contributed by atoms with Gasteiger partial charge in [-0.15, -0.1) is 0 Å². The molecule has 0 bridgehead atoms. The minimum Gasteiger partial charge on any atom is -0.469 e. The second kappa shape index (κ2) is 8.80. The Bertz CT molecular complexity index is 372. The highest BCUT2D eigenvalue weighted by Gasteiger charge is 2.01. The lowest BCUT2D eigenvalue weighted by Crippen LogP contribution is -2.02. The molecular formula is C13H20N2O2S. The van der Waals surface area contributed by atoms with Crippen LogP contribution in [0.1, 0.15) is 25.3 Å². The first kappa shape index (κ1) is 14.8. The number of esters is 1. The molecule has 0 spiro atoms. The van der Waals surface area contributed by atoms with Gasteiger partial charge in [0.25, 0.3) is 0 Å². The number of thioether (sulfide) groups is 1. The highest BCUT2D eigenvalue weighted by Crippen LogP contribution is 2.15.